The zero-order valence-corrected chi connectivity index (χ0v) is 24.8. The first-order valence-corrected chi connectivity index (χ1v) is 13.9. The highest BCUT2D eigenvalue weighted by atomic mass is 35.5. The first kappa shape index (κ1) is 28.9. The molecule has 1 N–H and O–H groups in total. The van der Waals surface area contributed by atoms with Crippen LogP contribution in [0.3, 0.4) is 0 Å². The molecule has 9 nitrogen and oxygen atoms in total. The number of carbonyl (C=O) groups excluding carboxylic acids is 2. The minimum Gasteiger partial charge on any atom is -0.497 e. The summed E-state index contributed by atoms with van der Waals surface area (Å²) in [6.07, 6.45) is 0. The average molecular weight is 589 g/mol. The van der Waals surface area contributed by atoms with Gasteiger partial charge in [-0.15, -0.1) is 0 Å². The van der Waals surface area contributed by atoms with Crippen LogP contribution in [-0.2, 0) is 0 Å². The smallest absolute Gasteiger partial charge is 0.321 e. The predicted molar refractivity (Wildman–Crippen MR) is 164 cm³/mol. The molecule has 1 aromatic heterocycles. The number of para-hydroxylation sites is 1. The minimum absolute atomic E-state index is 0.0920. The van der Waals surface area contributed by atoms with Crippen molar-refractivity contribution in [2.75, 3.05) is 52.8 Å². The van der Waals surface area contributed by atoms with Crippen molar-refractivity contribution in [2.24, 2.45) is 0 Å². The minimum atomic E-state index is -0.250. The molecule has 2 heterocycles. The van der Waals surface area contributed by atoms with E-state index in [1.54, 1.807) is 49.3 Å². The van der Waals surface area contributed by atoms with E-state index in [9.17, 15) is 9.59 Å². The van der Waals surface area contributed by atoms with Crippen molar-refractivity contribution >= 4 is 29.2 Å². The van der Waals surface area contributed by atoms with Gasteiger partial charge in [0.15, 0.2) is 0 Å². The van der Waals surface area contributed by atoms with Crippen LogP contribution < -0.4 is 19.5 Å². The van der Waals surface area contributed by atoms with Crippen molar-refractivity contribution in [3.05, 3.63) is 89.1 Å². The molecule has 0 aliphatic carbocycles. The van der Waals surface area contributed by atoms with Crippen LogP contribution in [0.25, 0.3) is 16.9 Å². The van der Waals surface area contributed by atoms with E-state index in [-0.39, 0.29) is 11.9 Å². The van der Waals surface area contributed by atoms with Gasteiger partial charge in [0.2, 0.25) is 0 Å². The van der Waals surface area contributed by atoms with Gasteiger partial charge in [-0.05, 0) is 55.0 Å². The number of hydrogen-bond donors (Lipinski definition) is 1. The molecule has 42 heavy (non-hydrogen) atoms. The van der Waals surface area contributed by atoms with Crippen molar-refractivity contribution in [2.45, 2.75) is 6.92 Å². The molecule has 3 aromatic carbocycles. The Hall–Kier alpha value is -4.63. The summed E-state index contributed by atoms with van der Waals surface area (Å²) in [4.78, 5) is 30.3. The molecular weight excluding hydrogens is 556 g/mol. The summed E-state index contributed by atoms with van der Waals surface area (Å²) in [5.41, 5.74) is 4.49. The Labute approximate surface area is 250 Å². The maximum absolute atomic E-state index is 13.9. The number of nitrogens with zero attached hydrogens (tertiary/aromatic N) is 3. The molecular formula is C32H33ClN4O5. The van der Waals surface area contributed by atoms with Gasteiger partial charge in [-0.3, -0.25) is 4.79 Å². The van der Waals surface area contributed by atoms with Crippen LogP contribution in [0.1, 0.15) is 16.1 Å². The fraction of sp³-hybridized carbons (Fsp3) is 0.250. The van der Waals surface area contributed by atoms with Gasteiger partial charge in [0.1, 0.15) is 17.2 Å². The van der Waals surface area contributed by atoms with Gasteiger partial charge < -0.3 is 33.9 Å². The quantitative estimate of drug-likeness (QED) is 0.281. The molecule has 0 bridgehead atoms. The summed E-state index contributed by atoms with van der Waals surface area (Å²) in [7, 11) is 4.74. The molecule has 4 aromatic rings. The van der Waals surface area contributed by atoms with Gasteiger partial charge in [-0.1, -0.05) is 23.7 Å². The lowest BCUT2D eigenvalue weighted by Gasteiger charge is -2.34. The maximum Gasteiger partial charge on any atom is 0.321 e. The van der Waals surface area contributed by atoms with E-state index in [2.05, 4.69) is 5.32 Å². The lowest BCUT2D eigenvalue weighted by atomic mass is 10.1. The summed E-state index contributed by atoms with van der Waals surface area (Å²) in [5, 5.41) is 3.49. The Kier molecular flexibility index (Phi) is 8.59. The number of halogens is 1. The van der Waals surface area contributed by atoms with Crippen molar-refractivity contribution in [3.8, 4) is 34.2 Å². The van der Waals surface area contributed by atoms with Crippen LogP contribution in [0.5, 0.6) is 17.2 Å². The monoisotopic (exact) mass is 588 g/mol. The van der Waals surface area contributed by atoms with Crippen LogP contribution in [0.2, 0.25) is 5.02 Å². The highest BCUT2D eigenvalue weighted by Gasteiger charge is 2.28. The SMILES string of the molecule is COc1ccc(-c2cc(C(=O)N3CCN(C(=O)Nc4cc(OC)cc(OC)c4)CC3)c(C)n2-c2ccccc2Cl)cc1. The van der Waals surface area contributed by atoms with Crippen LogP contribution in [0.4, 0.5) is 10.5 Å². The van der Waals surface area contributed by atoms with Crippen molar-refractivity contribution in [3.63, 3.8) is 0 Å². The van der Waals surface area contributed by atoms with E-state index < -0.39 is 0 Å². The second kappa shape index (κ2) is 12.5. The summed E-state index contributed by atoms with van der Waals surface area (Å²) in [5.74, 6) is 1.81. The van der Waals surface area contributed by atoms with E-state index in [0.29, 0.717) is 54.0 Å². The molecule has 1 aliphatic rings. The predicted octanol–water partition coefficient (Wildman–Crippen LogP) is 6.12. The third kappa shape index (κ3) is 5.87. The van der Waals surface area contributed by atoms with Gasteiger partial charge in [0, 0.05) is 55.8 Å². The molecule has 10 heteroatoms. The first-order valence-electron chi connectivity index (χ1n) is 13.5. The number of carbonyl (C=O) groups is 2. The summed E-state index contributed by atoms with van der Waals surface area (Å²) in [6, 6.07) is 22.1. The fourth-order valence-electron chi connectivity index (χ4n) is 5.11. The fourth-order valence-corrected chi connectivity index (χ4v) is 5.33. The summed E-state index contributed by atoms with van der Waals surface area (Å²) >= 11 is 6.62. The molecule has 0 atom stereocenters. The second-order valence-corrected chi connectivity index (χ2v) is 10.3. The van der Waals surface area contributed by atoms with Crippen LogP contribution >= 0.6 is 11.6 Å². The largest absolute Gasteiger partial charge is 0.497 e. The zero-order valence-electron chi connectivity index (χ0n) is 24.0. The van der Waals surface area contributed by atoms with Gasteiger partial charge in [0.25, 0.3) is 5.91 Å². The summed E-state index contributed by atoms with van der Waals surface area (Å²) < 4.78 is 17.9. The van der Waals surface area contributed by atoms with Gasteiger partial charge >= 0.3 is 6.03 Å². The van der Waals surface area contributed by atoms with E-state index in [0.717, 1.165) is 28.4 Å². The molecule has 0 unspecified atom stereocenters. The molecule has 0 radical (unpaired) electrons. The number of piperazine rings is 1. The molecule has 5 rings (SSSR count). The third-order valence-corrected chi connectivity index (χ3v) is 7.73. The lowest BCUT2D eigenvalue weighted by molar-refractivity contribution is 0.0671. The number of nitrogens with one attached hydrogen (secondary N) is 1. The molecule has 3 amide bonds. The second-order valence-electron chi connectivity index (χ2n) is 9.85. The molecule has 1 saturated heterocycles. The lowest BCUT2D eigenvalue weighted by Crippen LogP contribution is -2.51. The molecule has 0 saturated carbocycles. The van der Waals surface area contributed by atoms with E-state index >= 15 is 0 Å². The molecule has 218 valence electrons. The number of urea groups is 1. The van der Waals surface area contributed by atoms with E-state index in [1.807, 2.05) is 66.1 Å². The number of benzene rings is 3. The number of methoxy groups -OCH3 is 3. The molecule has 0 spiro atoms. The van der Waals surface area contributed by atoms with Crippen LogP contribution in [0.15, 0.2) is 72.8 Å². The Morgan fingerprint density at radius 1 is 0.762 bits per heavy atom. The van der Waals surface area contributed by atoms with E-state index in [4.69, 9.17) is 25.8 Å². The highest BCUT2D eigenvalue weighted by molar-refractivity contribution is 6.32. The number of hydrogen-bond acceptors (Lipinski definition) is 5. The Balaban J connectivity index is 1.35. The van der Waals surface area contributed by atoms with Crippen molar-refractivity contribution < 1.29 is 23.8 Å². The number of anilines is 1. The van der Waals surface area contributed by atoms with Crippen LogP contribution in [0, 0.1) is 6.92 Å². The number of rotatable bonds is 7. The standard InChI is InChI=1S/C32H33ClN4O5/c1-21-27(20-30(22-9-11-24(40-2)12-10-22)37(21)29-8-6-5-7-28(29)33)31(38)35-13-15-36(16-14-35)32(39)34-23-17-25(41-3)19-26(18-23)42-4/h5-12,17-20H,13-16H2,1-4H3,(H,34,39). The zero-order chi connectivity index (χ0) is 29.8. The third-order valence-electron chi connectivity index (χ3n) is 7.41. The Morgan fingerprint density at radius 2 is 1.36 bits per heavy atom. The normalized spacial score (nSPS) is 13.1. The Morgan fingerprint density at radius 3 is 1.95 bits per heavy atom. The van der Waals surface area contributed by atoms with Crippen molar-refractivity contribution in [1.82, 2.24) is 14.4 Å². The first-order chi connectivity index (χ1) is 20.3. The number of ether oxygens (including phenoxy) is 3. The highest BCUT2D eigenvalue weighted by Crippen LogP contribution is 2.34. The molecule has 1 aliphatic heterocycles. The van der Waals surface area contributed by atoms with Gasteiger partial charge in [0.05, 0.1) is 43.3 Å². The van der Waals surface area contributed by atoms with Gasteiger partial charge in [-0.25, -0.2) is 4.79 Å². The van der Waals surface area contributed by atoms with Crippen LogP contribution in [-0.4, -0.2) is 73.8 Å². The average Bonchev–Trinajstić information content (AvgIpc) is 3.37. The van der Waals surface area contributed by atoms with Crippen molar-refractivity contribution in [1.29, 1.82) is 0 Å². The Bertz CT molecular complexity index is 1570. The maximum atomic E-state index is 13.9. The number of amides is 3. The topological polar surface area (TPSA) is 85.3 Å². The van der Waals surface area contributed by atoms with Gasteiger partial charge in [-0.2, -0.15) is 0 Å². The summed E-state index contributed by atoms with van der Waals surface area (Å²) in [6.45, 7) is 3.53. The number of aromatic nitrogens is 1. The molecule has 1 fully saturated rings. The van der Waals surface area contributed by atoms with E-state index in [1.165, 1.54) is 0 Å².